The van der Waals surface area contributed by atoms with Gasteiger partial charge in [0.25, 0.3) is 0 Å². The van der Waals surface area contributed by atoms with Crippen LogP contribution in [0.1, 0.15) is 39.5 Å². The third-order valence-corrected chi connectivity index (χ3v) is 2.62. The van der Waals surface area contributed by atoms with Crippen LogP contribution in [0.25, 0.3) is 0 Å². The maximum absolute atomic E-state index is 5.78. The van der Waals surface area contributed by atoms with E-state index in [1.165, 1.54) is 0 Å². The molecular formula is C12H20ClN5. The Bertz CT molecular complexity index is 397. The Hall–Kier alpha value is -1.36. The lowest BCUT2D eigenvalue weighted by Crippen LogP contribution is -2.05. The molecule has 0 saturated carbocycles. The molecule has 0 aliphatic carbocycles. The van der Waals surface area contributed by atoms with Gasteiger partial charge in [-0.05, 0) is 12.8 Å². The molecule has 0 radical (unpaired) electrons. The van der Waals surface area contributed by atoms with E-state index in [4.69, 9.17) is 11.6 Å². The predicted octanol–water partition coefficient (Wildman–Crippen LogP) is 3.54. The summed E-state index contributed by atoms with van der Waals surface area (Å²) in [6.07, 6.45) is 4.17. The molecule has 2 N–H and O–H groups in total. The number of hydrazone groups is 1. The monoisotopic (exact) mass is 269 g/mol. The van der Waals surface area contributed by atoms with Gasteiger partial charge in [0.2, 0.25) is 0 Å². The fraction of sp³-hybridized carbons (Fsp3) is 0.583. The second-order valence-corrected chi connectivity index (χ2v) is 4.36. The smallest absolute Gasteiger partial charge is 0.192 e. The quantitative estimate of drug-likeness (QED) is 0.587. The minimum Gasteiger partial charge on any atom is -0.385 e. The van der Waals surface area contributed by atoms with Crippen molar-refractivity contribution in [1.29, 1.82) is 0 Å². The Morgan fingerprint density at radius 3 is 2.50 bits per heavy atom. The molecule has 1 heterocycles. The van der Waals surface area contributed by atoms with Crippen LogP contribution in [0, 0.1) is 0 Å². The molecule has 1 aromatic rings. The summed E-state index contributed by atoms with van der Waals surface area (Å²) in [5, 5.41) is 15.5. The molecule has 0 aliphatic rings. The lowest BCUT2D eigenvalue weighted by molar-refractivity contribution is 0.906. The van der Waals surface area contributed by atoms with E-state index in [-0.39, 0.29) is 0 Å². The molecule has 6 heteroatoms. The summed E-state index contributed by atoms with van der Waals surface area (Å²) in [6.45, 7) is 4.29. The van der Waals surface area contributed by atoms with Crippen molar-refractivity contribution < 1.29 is 0 Å². The zero-order valence-electron chi connectivity index (χ0n) is 11.1. The molecule has 0 spiro atoms. The van der Waals surface area contributed by atoms with Crippen LogP contribution in [-0.2, 0) is 0 Å². The lowest BCUT2D eigenvalue weighted by atomic mass is 10.1. The van der Waals surface area contributed by atoms with Crippen LogP contribution < -0.4 is 10.7 Å². The van der Waals surface area contributed by atoms with Gasteiger partial charge in [0.15, 0.2) is 11.0 Å². The molecule has 0 saturated heterocycles. The minimum atomic E-state index is 0.358. The fourth-order valence-electron chi connectivity index (χ4n) is 1.59. The van der Waals surface area contributed by atoms with E-state index >= 15 is 0 Å². The van der Waals surface area contributed by atoms with E-state index in [2.05, 4.69) is 39.9 Å². The first-order chi connectivity index (χ1) is 8.71. The van der Waals surface area contributed by atoms with Crippen LogP contribution in [0.5, 0.6) is 0 Å². The zero-order valence-corrected chi connectivity index (χ0v) is 11.9. The Labute approximate surface area is 113 Å². The first-order valence-electron chi connectivity index (χ1n) is 6.23. The molecule has 0 fully saturated rings. The highest BCUT2D eigenvalue weighted by Gasteiger charge is 2.04. The molecule has 0 aliphatic heterocycles. The molecule has 0 unspecified atom stereocenters. The first kappa shape index (κ1) is 14.7. The summed E-state index contributed by atoms with van der Waals surface area (Å²) in [5.41, 5.74) is 4.89. The Morgan fingerprint density at radius 2 is 1.94 bits per heavy atom. The third kappa shape index (κ3) is 4.49. The third-order valence-electron chi connectivity index (χ3n) is 2.43. The van der Waals surface area contributed by atoms with Gasteiger partial charge in [0.05, 0.1) is 5.69 Å². The van der Waals surface area contributed by atoms with Crippen LogP contribution in [0.3, 0.4) is 0 Å². The van der Waals surface area contributed by atoms with Crippen molar-refractivity contribution in [2.24, 2.45) is 5.10 Å². The Morgan fingerprint density at radius 1 is 1.28 bits per heavy atom. The van der Waals surface area contributed by atoms with E-state index in [1.54, 1.807) is 13.1 Å². The van der Waals surface area contributed by atoms with Gasteiger partial charge in [-0.3, -0.25) is 5.43 Å². The number of aromatic nitrogens is 2. The lowest BCUT2D eigenvalue weighted by Gasteiger charge is -2.08. The molecule has 1 rings (SSSR count). The van der Waals surface area contributed by atoms with Crippen molar-refractivity contribution in [1.82, 2.24) is 10.2 Å². The van der Waals surface area contributed by atoms with Gasteiger partial charge in [0.1, 0.15) is 0 Å². The van der Waals surface area contributed by atoms with Gasteiger partial charge in [-0.25, -0.2) is 0 Å². The summed E-state index contributed by atoms with van der Waals surface area (Å²) >= 11 is 5.78. The summed E-state index contributed by atoms with van der Waals surface area (Å²) in [4.78, 5) is 0. The first-order valence-corrected chi connectivity index (χ1v) is 6.61. The second-order valence-electron chi connectivity index (χ2n) is 3.97. The van der Waals surface area contributed by atoms with E-state index in [0.29, 0.717) is 11.0 Å². The second kappa shape index (κ2) is 7.87. The fourth-order valence-corrected chi connectivity index (χ4v) is 1.73. The average Bonchev–Trinajstić information content (AvgIpc) is 2.37. The Balaban J connectivity index is 2.79. The van der Waals surface area contributed by atoms with Crippen LogP contribution >= 0.6 is 11.6 Å². The summed E-state index contributed by atoms with van der Waals surface area (Å²) in [7, 11) is 1.81. The largest absolute Gasteiger partial charge is 0.385 e. The highest BCUT2D eigenvalue weighted by atomic mass is 35.5. The molecule has 0 bridgehead atoms. The molecule has 18 heavy (non-hydrogen) atoms. The van der Waals surface area contributed by atoms with Gasteiger partial charge >= 0.3 is 0 Å². The zero-order chi connectivity index (χ0) is 13.4. The van der Waals surface area contributed by atoms with Gasteiger partial charge in [-0.2, -0.15) is 5.10 Å². The maximum Gasteiger partial charge on any atom is 0.192 e. The van der Waals surface area contributed by atoms with Crippen molar-refractivity contribution in [3.05, 3.63) is 11.2 Å². The van der Waals surface area contributed by atoms with E-state index in [0.717, 1.165) is 37.1 Å². The molecule has 1 aromatic heterocycles. The van der Waals surface area contributed by atoms with E-state index in [1.807, 2.05) is 0 Å². The number of hydrogen-bond acceptors (Lipinski definition) is 5. The van der Waals surface area contributed by atoms with Gasteiger partial charge < -0.3 is 5.32 Å². The summed E-state index contributed by atoms with van der Waals surface area (Å²) in [5.74, 6) is 0.589. The van der Waals surface area contributed by atoms with E-state index < -0.39 is 0 Å². The minimum absolute atomic E-state index is 0.358. The SMILES string of the molecule is CCCC(CCC)=NNc1nnc(Cl)cc1NC. The number of rotatable bonds is 7. The van der Waals surface area contributed by atoms with Gasteiger partial charge in [0, 0.05) is 18.8 Å². The topological polar surface area (TPSA) is 62.2 Å². The number of nitrogens with zero attached hydrogens (tertiary/aromatic N) is 3. The van der Waals surface area contributed by atoms with Crippen LogP contribution in [0.15, 0.2) is 11.2 Å². The maximum atomic E-state index is 5.78. The van der Waals surface area contributed by atoms with E-state index in [9.17, 15) is 0 Å². The van der Waals surface area contributed by atoms with Crippen LogP contribution in [0.2, 0.25) is 5.15 Å². The molecule has 100 valence electrons. The highest BCUT2D eigenvalue weighted by Crippen LogP contribution is 2.20. The van der Waals surface area contributed by atoms with Crippen molar-refractivity contribution in [3.8, 4) is 0 Å². The molecular weight excluding hydrogens is 250 g/mol. The number of anilines is 2. The van der Waals surface area contributed by atoms with Crippen molar-refractivity contribution in [2.75, 3.05) is 17.8 Å². The van der Waals surface area contributed by atoms with Crippen molar-refractivity contribution in [2.45, 2.75) is 39.5 Å². The molecule has 0 amide bonds. The van der Waals surface area contributed by atoms with Gasteiger partial charge in [-0.15, -0.1) is 10.2 Å². The predicted molar refractivity (Wildman–Crippen MR) is 77.5 cm³/mol. The van der Waals surface area contributed by atoms with Crippen molar-refractivity contribution >= 4 is 28.8 Å². The van der Waals surface area contributed by atoms with Crippen LogP contribution in [0.4, 0.5) is 11.5 Å². The number of nitrogens with one attached hydrogen (secondary N) is 2. The van der Waals surface area contributed by atoms with Crippen LogP contribution in [-0.4, -0.2) is 23.0 Å². The Kier molecular flexibility index (Phi) is 6.43. The summed E-state index contributed by atoms with van der Waals surface area (Å²) in [6, 6.07) is 1.71. The highest BCUT2D eigenvalue weighted by molar-refractivity contribution is 6.29. The average molecular weight is 270 g/mol. The molecule has 5 nitrogen and oxygen atoms in total. The normalized spacial score (nSPS) is 10.0. The number of halogens is 1. The van der Waals surface area contributed by atoms with Gasteiger partial charge in [-0.1, -0.05) is 38.3 Å². The standard InChI is InChI=1S/C12H20ClN5/c1-4-6-9(7-5-2)15-17-12-10(14-3)8-11(13)16-18-12/h8H,4-7H2,1-3H3,(H,14,16)(H,17,18). The molecule has 0 aromatic carbocycles. The molecule has 0 atom stereocenters. The summed E-state index contributed by atoms with van der Waals surface area (Å²) < 4.78 is 0. The number of hydrogen-bond donors (Lipinski definition) is 2. The van der Waals surface area contributed by atoms with Crippen molar-refractivity contribution in [3.63, 3.8) is 0 Å².